The van der Waals surface area contributed by atoms with Crippen LogP contribution in [0.5, 0.6) is 11.5 Å². The van der Waals surface area contributed by atoms with E-state index in [0.29, 0.717) is 13.0 Å². The fourth-order valence-electron chi connectivity index (χ4n) is 1.25. The van der Waals surface area contributed by atoms with Gasteiger partial charge in [-0.15, -0.1) is 0 Å². The molecule has 3 heteroatoms. The van der Waals surface area contributed by atoms with Crippen molar-refractivity contribution >= 4 is 0 Å². The third-order valence-electron chi connectivity index (χ3n) is 1.93. The van der Waals surface area contributed by atoms with E-state index in [0.717, 1.165) is 11.1 Å². The lowest BCUT2D eigenvalue weighted by atomic mass is 10.0. The molecular weight excluding hydrogens is 154 g/mol. The van der Waals surface area contributed by atoms with Crippen molar-refractivity contribution in [2.75, 3.05) is 0 Å². The summed E-state index contributed by atoms with van der Waals surface area (Å²) in [5.74, 6) is -0.121. The van der Waals surface area contributed by atoms with Gasteiger partial charge in [-0.25, -0.2) is 0 Å². The fourth-order valence-corrected chi connectivity index (χ4v) is 1.25. The molecule has 0 atom stereocenters. The molecule has 0 heterocycles. The zero-order valence-electron chi connectivity index (χ0n) is 7.04. The standard InChI is InChI=1S/C9H13NO2/c1-2-7-6(5-10)3-4-8(11)9(7)12/h3-4,11-12H,2,5,10H2,1H3. The Bertz CT molecular complexity index is 284. The maximum absolute atomic E-state index is 9.40. The number of hydrogen-bond acceptors (Lipinski definition) is 3. The molecule has 1 aromatic rings. The molecule has 0 saturated heterocycles. The minimum atomic E-state index is -0.0796. The monoisotopic (exact) mass is 167 g/mol. The van der Waals surface area contributed by atoms with E-state index in [1.165, 1.54) is 6.07 Å². The number of hydrogen-bond donors (Lipinski definition) is 3. The first-order valence-electron chi connectivity index (χ1n) is 3.93. The van der Waals surface area contributed by atoms with E-state index in [1.54, 1.807) is 6.07 Å². The molecule has 66 valence electrons. The molecule has 0 fully saturated rings. The molecular formula is C9H13NO2. The molecule has 1 aromatic carbocycles. The molecule has 0 aliphatic carbocycles. The van der Waals surface area contributed by atoms with E-state index in [4.69, 9.17) is 10.8 Å². The average Bonchev–Trinajstić information content (AvgIpc) is 2.09. The van der Waals surface area contributed by atoms with Crippen molar-refractivity contribution in [2.24, 2.45) is 5.73 Å². The average molecular weight is 167 g/mol. The quantitative estimate of drug-likeness (QED) is 0.578. The summed E-state index contributed by atoms with van der Waals surface area (Å²) < 4.78 is 0. The molecule has 0 unspecified atom stereocenters. The maximum Gasteiger partial charge on any atom is 0.160 e. The van der Waals surface area contributed by atoms with Crippen molar-refractivity contribution in [1.29, 1.82) is 0 Å². The second-order valence-corrected chi connectivity index (χ2v) is 2.63. The van der Waals surface area contributed by atoms with E-state index in [-0.39, 0.29) is 11.5 Å². The molecule has 0 amide bonds. The molecule has 0 spiro atoms. The van der Waals surface area contributed by atoms with Crippen LogP contribution in [0.4, 0.5) is 0 Å². The lowest BCUT2D eigenvalue weighted by molar-refractivity contribution is 0.399. The van der Waals surface area contributed by atoms with Crippen molar-refractivity contribution in [3.8, 4) is 11.5 Å². The number of aromatic hydroxyl groups is 2. The highest BCUT2D eigenvalue weighted by molar-refractivity contribution is 5.48. The van der Waals surface area contributed by atoms with Crippen LogP contribution in [0.2, 0.25) is 0 Å². The second-order valence-electron chi connectivity index (χ2n) is 2.63. The molecule has 1 rings (SSSR count). The Morgan fingerprint density at radius 2 is 2.00 bits per heavy atom. The third-order valence-corrected chi connectivity index (χ3v) is 1.93. The van der Waals surface area contributed by atoms with Gasteiger partial charge in [-0.2, -0.15) is 0 Å². The summed E-state index contributed by atoms with van der Waals surface area (Å²) >= 11 is 0. The van der Waals surface area contributed by atoms with Gasteiger partial charge >= 0.3 is 0 Å². The molecule has 0 aliphatic heterocycles. The lowest BCUT2D eigenvalue weighted by Crippen LogP contribution is -2.00. The van der Waals surface area contributed by atoms with Gasteiger partial charge in [-0.1, -0.05) is 13.0 Å². The van der Waals surface area contributed by atoms with Crippen molar-refractivity contribution in [3.05, 3.63) is 23.3 Å². The van der Waals surface area contributed by atoms with Crippen LogP contribution >= 0.6 is 0 Å². The van der Waals surface area contributed by atoms with Crippen molar-refractivity contribution < 1.29 is 10.2 Å². The summed E-state index contributed by atoms with van der Waals surface area (Å²) in [7, 11) is 0. The number of phenolic OH excluding ortho intramolecular Hbond substituents is 2. The van der Waals surface area contributed by atoms with Crippen LogP contribution in [-0.4, -0.2) is 10.2 Å². The van der Waals surface area contributed by atoms with Crippen LogP contribution in [0.3, 0.4) is 0 Å². The van der Waals surface area contributed by atoms with Gasteiger partial charge in [0.15, 0.2) is 11.5 Å². The highest BCUT2D eigenvalue weighted by Crippen LogP contribution is 2.31. The van der Waals surface area contributed by atoms with E-state index in [2.05, 4.69) is 0 Å². The van der Waals surface area contributed by atoms with Gasteiger partial charge < -0.3 is 15.9 Å². The SMILES string of the molecule is CCc1c(CN)ccc(O)c1O. The Labute approximate surface area is 71.5 Å². The van der Waals surface area contributed by atoms with Gasteiger partial charge in [0.2, 0.25) is 0 Å². The summed E-state index contributed by atoms with van der Waals surface area (Å²) in [6.07, 6.45) is 0.673. The lowest BCUT2D eigenvalue weighted by Gasteiger charge is -2.08. The van der Waals surface area contributed by atoms with Crippen molar-refractivity contribution in [3.63, 3.8) is 0 Å². The van der Waals surface area contributed by atoms with E-state index in [9.17, 15) is 5.11 Å². The molecule has 0 aromatic heterocycles. The van der Waals surface area contributed by atoms with Crippen molar-refractivity contribution in [1.82, 2.24) is 0 Å². The summed E-state index contributed by atoms with van der Waals surface area (Å²) in [4.78, 5) is 0. The van der Waals surface area contributed by atoms with Crippen LogP contribution in [-0.2, 0) is 13.0 Å². The third kappa shape index (κ3) is 1.36. The number of rotatable bonds is 2. The van der Waals surface area contributed by atoms with Gasteiger partial charge in [0.05, 0.1) is 0 Å². The van der Waals surface area contributed by atoms with Gasteiger partial charge in [0, 0.05) is 12.1 Å². The fraction of sp³-hybridized carbons (Fsp3) is 0.333. The predicted octanol–water partition coefficient (Wildman–Crippen LogP) is 1.12. The number of nitrogens with two attached hydrogens (primary N) is 1. The molecule has 12 heavy (non-hydrogen) atoms. The Morgan fingerprint density at radius 1 is 1.33 bits per heavy atom. The molecule has 0 aliphatic rings. The Morgan fingerprint density at radius 3 is 2.50 bits per heavy atom. The zero-order valence-corrected chi connectivity index (χ0v) is 7.04. The summed E-state index contributed by atoms with van der Waals surface area (Å²) in [6, 6.07) is 3.19. The minimum absolute atomic E-state index is 0.0412. The van der Waals surface area contributed by atoms with Gasteiger partial charge in [-0.3, -0.25) is 0 Å². The van der Waals surface area contributed by atoms with Gasteiger partial charge in [0.1, 0.15) is 0 Å². The smallest absolute Gasteiger partial charge is 0.160 e. The van der Waals surface area contributed by atoms with Crippen LogP contribution in [0.25, 0.3) is 0 Å². The van der Waals surface area contributed by atoms with Crippen LogP contribution in [0.15, 0.2) is 12.1 Å². The highest BCUT2D eigenvalue weighted by Gasteiger charge is 2.08. The van der Waals surface area contributed by atoms with Gasteiger partial charge in [-0.05, 0) is 18.1 Å². The molecule has 0 saturated carbocycles. The summed E-state index contributed by atoms with van der Waals surface area (Å²) in [5, 5.41) is 18.6. The first kappa shape index (κ1) is 8.87. The minimum Gasteiger partial charge on any atom is -0.504 e. The second kappa shape index (κ2) is 3.45. The van der Waals surface area contributed by atoms with Crippen LogP contribution < -0.4 is 5.73 Å². The normalized spacial score (nSPS) is 10.2. The Balaban J connectivity index is 3.25. The van der Waals surface area contributed by atoms with Crippen molar-refractivity contribution in [2.45, 2.75) is 19.9 Å². The molecule has 0 bridgehead atoms. The number of benzene rings is 1. The highest BCUT2D eigenvalue weighted by atomic mass is 16.3. The molecule has 3 nitrogen and oxygen atoms in total. The maximum atomic E-state index is 9.40. The van der Waals surface area contributed by atoms with E-state index < -0.39 is 0 Å². The molecule has 4 N–H and O–H groups in total. The van der Waals surface area contributed by atoms with Crippen LogP contribution in [0, 0.1) is 0 Å². The Kier molecular flexibility index (Phi) is 2.55. The zero-order chi connectivity index (χ0) is 9.14. The topological polar surface area (TPSA) is 66.5 Å². The first-order valence-corrected chi connectivity index (χ1v) is 3.93. The summed E-state index contributed by atoms with van der Waals surface area (Å²) in [5.41, 5.74) is 7.07. The molecule has 0 radical (unpaired) electrons. The van der Waals surface area contributed by atoms with Crippen LogP contribution in [0.1, 0.15) is 18.1 Å². The largest absolute Gasteiger partial charge is 0.504 e. The van der Waals surface area contributed by atoms with E-state index >= 15 is 0 Å². The number of phenols is 2. The first-order chi connectivity index (χ1) is 5.70. The predicted molar refractivity (Wildman–Crippen MR) is 47.0 cm³/mol. The van der Waals surface area contributed by atoms with E-state index in [1.807, 2.05) is 6.92 Å². The summed E-state index contributed by atoms with van der Waals surface area (Å²) in [6.45, 7) is 2.30. The Hall–Kier alpha value is -1.22. The van der Waals surface area contributed by atoms with Gasteiger partial charge in [0.25, 0.3) is 0 Å².